The summed E-state index contributed by atoms with van der Waals surface area (Å²) in [6, 6.07) is 15.5. The topological polar surface area (TPSA) is 47.6 Å². The van der Waals surface area contributed by atoms with Crippen LogP contribution in [0.2, 0.25) is 0 Å². The van der Waals surface area contributed by atoms with Crippen molar-refractivity contribution < 1.29 is 14.3 Å². The summed E-state index contributed by atoms with van der Waals surface area (Å²) in [7, 11) is 0. The third-order valence-corrected chi connectivity index (χ3v) is 3.67. The number of ether oxygens (including phenoxy) is 2. The highest BCUT2D eigenvalue weighted by Crippen LogP contribution is 2.17. The van der Waals surface area contributed by atoms with Crippen molar-refractivity contribution in [2.75, 3.05) is 0 Å². The first-order chi connectivity index (χ1) is 12.0. The van der Waals surface area contributed by atoms with Gasteiger partial charge in [0.15, 0.2) is 6.10 Å². The van der Waals surface area contributed by atoms with E-state index < -0.39 is 6.10 Å². The second-order valence-electron chi connectivity index (χ2n) is 6.36. The Balaban J connectivity index is 1.93. The maximum absolute atomic E-state index is 12.4. The van der Waals surface area contributed by atoms with Crippen molar-refractivity contribution in [3.63, 3.8) is 0 Å². The van der Waals surface area contributed by atoms with Crippen LogP contribution in [0.15, 0.2) is 48.5 Å². The van der Waals surface area contributed by atoms with Gasteiger partial charge in [0.1, 0.15) is 11.5 Å². The van der Waals surface area contributed by atoms with E-state index in [9.17, 15) is 4.79 Å². The summed E-state index contributed by atoms with van der Waals surface area (Å²) in [5.74, 6) is 1.42. The van der Waals surface area contributed by atoms with Crippen molar-refractivity contribution in [1.82, 2.24) is 5.32 Å². The molecule has 0 bridgehead atoms. The average Bonchev–Trinajstić information content (AvgIpc) is 2.57. The van der Waals surface area contributed by atoms with Gasteiger partial charge < -0.3 is 14.8 Å². The molecule has 0 aromatic heterocycles. The van der Waals surface area contributed by atoms with Crippen molar-refractivity contribution >= 4 is 5.91 Å². The molecule has 2 aromatic carbocycles. The quantitative estimate of drug-likeness (QED) is 0.780. The molecule has 0 aliphatic heterocycles. The van der Waals surface area contributed by atoms with Crippen LogP contribution >= 0.6 is 0 Å². The molecule has 1 N–H and O–H groups in total. The van der Waals surface area contributed by atoms with E-state index in [0.717, 1.165) is 16.9 Å². The molecule has 1 unspecified atom stereocenters. The summed E-state index contributed by atoms with van der Waals surface area (Å²) in [6.45, 7) is 8.37. The van der Waals surface area contributed by atoms with Crippen LogP contribution in [0.1, 0.15) is 38.3 Å². The van der Waals surface area contributed by atoms with E-state index in [1.807, 2.05) is 76.2 Å². The van der Waals surface area contributed by atoms with E-state index in [1.165, 1.54) is 0 Å². The van der Waals surface area contributed by atoms with Gasteiger partial charge in [0.25, 0.3) is 5.91 Å². The normalized spacial score (nSPS) is 11.9. The predicted molar refractivity (Wildman–Crippen MR) is 99.9 cm³/mol. The Kier molecular flexibility index (Phi) is 6.87. The first-order valence-electron chi connectivity index (χ1n) is 8.74. The van der Waals surface area contributed by atoms with E-state index in [-0.39, 0.29) is 12.0 Å². The zero-order valence-electron chi connectivity index (χ0n) is 15.4. The lowest BCUT2D eigenvalue weighted by molar-refractivity contribution is -0.128. The van der Waals surface area contributed by atoms with Gasteiger partial charge in [-0.15, -0.1) is 0 Å². The van der Waals surface area contributed by atoms with Gasteiger partial charge in [0, 0.05) is 6.54 Å². The highest BCUT2D eigenvalue weighted by Gasteiger charge is 2.18. The van der Waals surface area contributed by atoms with Gasteiger partial charge in [-0.3, -0.25) is 4.79 Å². The average molecular weight is 341 g/mol. The largest absolute Gasteiger partial charge is 0.491 e. The molecule has 0 heterocycles. The smallest absolute Gasteiger partial charge is 0.261 e. The minimum Gasteiger partial charge on any atom is -0.491 e. The second-order valence-corrected chi connectivity index (χ2v) is 6.36. The molecule has 4 heteroatoms. The molecular weight excluding hydrogens is 314 g/mol. The number of rotatable bonds is 8. The van der Waals surface area contributed by atoms with Gasteiger partial charge >= 0.3 is 0 Å². The van der Waals surface area contributed by atoms with Crippen molar-refractivity contribution in [3.05, 3.63) is 59.7 Å². The molecular formula is C21H27NO3. The van der Waals surface area contributed by atoms with Gasteiger partial charge in [0.05, 0.1) is 6.10 Å². The Morgan fingerprint density at radius 3 is 2.36 bits per heavy atom. The van der Waals surface area contributed by atoms with E-state index in [4.69, 9.17) is 9.47 Å². The van der Waals surface area contributed by atoms with Crippen molar-refractivity contribution in [1.29, 1.82) is 0 Å². The maximum Gasteiger partial charge on any atom is 0.261 e. The van der Waals surface area contributed by atoms with Crippen molar-refractivity contribution in [3.8, 4) is 11.5 Å². The number of carbonyl (C=O) groups excluding carboxylic acids is 1. The van der Waals surface area contributed by atoms with E-state index in [0.29, 0.717) is 18.7 Å². The molecule has 0 aliphatic rings. The lowest BCUT2D eigenvalue weighted by Gasteiger charge is -2.18. The van der Waals surface area contributed by atoms with Crippen LogP contribution in [0.4, 0.5) is 0 Å². The van der Waals surface area contributed by atoms with Gasteiger partial charge in [-0.05, 0) is 62.6 Å². The Labute approximate surface area is 150 Å². The van der Waals surface area contributed by atoms with Gasteiger partial charge in [0.2, 0.25) is 0 Å². The molecule has 1 atom stereocenters. The Hall–Kier alpha value is -2.49. The first kappa shape index (κ1) is 18.8. The fourth-order valence-corrected chi connectivity index (χ4v) is 2.48. The Morgan fingerprint density at radius 1 is 1.04 bits per heavy atom. The minimum atomic E-state index is -0.503. The molecule has 0 fully saturated rings. The molecule has 134 valence electrons. The number of amides is 1. The molecule has 4 nitrogen and oxygen atoms in total. The molecule has 0 radical (unpaired) electrons. The van der Waals surface area contributed by atoms with Crippen LogP contribution in [0, 0.1) is 6.92 Å². The van der Waals surface area contributed by atoms with E-state index in [1.54, 1.807) is 0 Å². The number of aryl methyl sites for hydroxylation is 1. The fourth-order valence-electron chi connectivity index (χ4n) is 2.48. The molecule has 2 aromatic rings. The molecule has 0 spiro atoms. The van der Waals surface area contributed by atoms with E-state index >= 15 is 0 Å². The monoisotopic (exact) mass is 341 g/mol. The zero-order valence-corrected chi connectivity index (χ0v) is 15.4. The number of hydrogen-bond donors (Lipinski definition) is 1. The summed E-state index contributed by atoms with van der Waals surface area (Å²) < 4.78 is 11.5. The van der Waals surface area contributed by atoms with Gasteiger partial charge in [-0.1, -0.05) is 31.2 Å². The van der Waals surface area contributed by atoms with Crippen LogP contribution in [0.5, 0.6) is 11.5 Å². The summed E-state index contributed by atoms with van der Waals surface area (Å²) in [6.07, 6.45) is 0.227. The molecule has 1 amide bonds. The second kappa shape index (κ2) is 9.11. The lowest BCUT2D eigenvalue weighted by Crippen LogP contribution is -2.37. The van der Waals surface area contributed by atoms with Crippen LogP contribution in [0.25, 0.3) is 0 Å². The third-order valence-electron chi connectivity index (χ3n) is 3.67. The minimum absolute atomic E-state index is 0.112. The number of carbonyl (C=O) groups is 1. The highest BCUT2D eigenvalue weighted by molar-refractivity contribution is 5.81. The Morgan fingerprint density at radius 2 is 1.72 bits per heavy atom. The highest BCUT2D eigenvalue weighted by atomic mass is 16.5. The summed E-state index contributed by atoms with van der Waals surface area (Å²) in [4.78, 5) is 12.4. The first-order valence-corrected chi connectivity index (χ1v) is 8.74. The molecule has 2 rings (SSSR count). The lowest BCUT2D eigenvalue weighted by atomic mass is 10.2. The molecule has 0 saturated heterocycles. The summed E-state index contributed by atoms with van der Waals surface area (Å²) in [5, 5.41) is 2.95. The van der Waals surface area contributed by atoms with Crippen LogP contribution < -0.4 is 14.8 Å². The van der Waals surface area contributed by atoms with Gasteiger partial charge in [-0.25, -0.2) is 0 Å². The maximum atomic E-state index is 12.4. The Bertz CT molecular complexity index is 697. The number of nitrogens with one attached hydrogen (secondary N) is 1. The summed E-state index contributed by atoms with van der Waals surface area (Å²) in [5.41, 5.74) is 2.10. The van der Waals surface area contributed by atoms with E-state index in [2.05, 4.69) is 5.32 Å². The fraction of sp³-hybridized carbons (Fsp3) is 0.381. The van der Waals surface area contributed by atoms with Crippen LogP contribution in [-0.4, -0.2) is 18.1 Å². The standard InChI is InChI=1S/C21H27NO3/c1-5-20(25-18-10-6-8-16(4)12-18)21(23)22-14-17-9-7-11-19(13-17)24-15(2)3/h6-13,15,20H,5,14H2,1-4H3,(H,22,23). The van der Waals surface area contributed by atoms with Crippen LogP contribution in [-0.2, 0) is 11.3 Å². The van der Waals surface area contributed by atoms with Crippen LogP contribution in [0.3, 0.4) is 0 Å². The number of benzene rings is 2. The SMILES string of the molecule is CCC(Oc1cccc(C)c1)C(=O)NCc1cccc(OC(C)C)c1. The molecule has 0 aliphatic carbocycles. The summed E-state index contributed by atoms with van der Waals surface area (Å²) >= 11 is 0. The molecule has 25 heavy (non-hydrogen) atoms. The third kappa shape index (κ3) is 6.14. The van der Waals surface area contributed by atoms with Gasteiger partial charge in [-0.2, -0.15) is 0 Å². The predicted octanol–water partition coefficient (Wildman–Crippen LogP) is 4.26. The molecule has 0 saturated carbocycles. The van der Waals surface area contributed by atoms with Crippen molar-refractivity contribution in [2.45, 2.75) is 52.9 Å². The zero-order chi connectivity index (χ0) is 18.2. The number of hydrogen-bond acceptors (Lipinski definition) is 3. The van der Waals surface area contributed by atoms with Crippen molar-refractivity contribution in [2.24, 2.45) is 0 Å².